The van der Waals surface area contributed by atoms with Gasteiger partial charge in [0.25, 0.3) is 5.91 Å². The number of urea groups is 1. The summed E-state index contributed by atoms with van der Waals surface area (Å²) in [5.41, 5.74) is 7.44. The van der Waals surface area contributed by atoms with Gasteiger partial charge in [-0.1, -0.05) is 42.5 Å². The van der Waals surface area contributed by atoms with Gasteiger partial charge in [0, 0.05) is 39.3 Å². The summed E-state index contributed by atoms with van der Waals surface area (Å²) in [5, 5.41) is 2.48. The first-order valence-electron chi connectivity index (χ1n) is 10.3. The Hall–Kier alpha value is -3.39. The van der Waals surface area contributed by atoms with E-state index in [0.717, 1.165) is 25.2 Å². The Morgan fingerprint density at radius 2 is 1.61 bits per heavy atom. The molecule has 1 atom stereocenters. The van der Waals surface area contributed by atoms with Gasteiger partial charge in [-0.3, -0.25) is 9.69 Å². The zero-order valence-electron chi connectivity index (χ0n) is 17.6. The molecule has 0 spiro atoms. The minimum absolute atomic E-state index is 0.185. The number of nitrogens with one attached hydrogen (secondary N) is 1. The summed E-state index contributed by atoms with van der Waals surface area (Å²) >= 11 is 0. The summed E-state index contributed by atoms with van der Waals surface area (Å²) in [6.07, 6.45) is -0.857. The van der Waals surface area contributed by atoms with Crippen molar-refractivity contribution in [1.29, 1.82) is 0 Å². The van der Waals surface area contributed by atoms with Crippen molar-refractivity contribution in [2.24, 2.45) is 5.73 Å². The number of ether oxygens (including phenoxy) is 1. The topological polar surface area (TPSA) is 105 Å². The molecule has 8 nitrogen and oxygen atoms in total. The molecule has 1 unspecified atom stereocenters. The van der Waals surface area contributed by atoms with E-state index < -0.39 is 18.1 Å². The lowest BCUT2D eigenvalue weighted by atomic mass is 10.1. The normalized spacial score (nSPS) is 15.2. The number of hydrogen-bond donors (Lipinski definition) is 2. The predicted molar refractivity (Wildman–Crippen MR) is 116 cm³/mol. The molecule has 3 N–H and O–H groups in total. The third-order valence-corrected chi connectivity index (χ3v) is 5.22. The molecule has 0 radical (unpaired) electrons. The Kier molecular flexibility index (Phi) is 7.61. The second kappa shape index (κ2) is 10.6. The number of primary amides is 1. The van der Waals surface area contributed by atoms with Gasteiger partial charge in [-0.15, -0.1) is 0 Å². The van der Waals surface area contributed by atoms with Crippen LogP contribution < -0.4 is 11.1 Å². The third-order valence-electron chi connectivity index (χ3n) is 5.22. The van der Waals surface area contributed by atoms with Crippen molar-refractivity contribution in [3.05, 3.63) is 71.3 Å². The van der Waals surface area contributed by atoms with Crippen molar-refractivity contribution in [2.45, 2.75) is 26.1 Å². The molecule has 0 saturated carbocycles. The van der Waals surface area contributed by atoms with E-state index in [4.69, 9.17) is 10.5 Å². The first kappa shape index (κ1) is 22.3. The second-order valence-electron chi connectivity index (χ2n) is 7.55. The van der Waals surface area contributed by atoms with Gasteiger partial charge in [0.1, 0.15) is 0 Å². The Labute approximate surface area is 182 Å². The van der Waals surface area contributed by atoms with Gasteiger partial charge >= 0.3 is 12.0 Å². The highest BCUT2D eigenvalue weighted by Gasteiger charge is 2.27. The van der Waals surface area contributed by atoms with Crippen molar-refractivity contribution in [3.8, 4) is 0 Å². The van der Waals surface area contributed by atoms with Crippen LogP contribution in [0.3, 0.4) is 0 Å². The number of piperazine rings is 1. The van der Waals surface area contributed by atoms with Crippen LogP contribution in [0.5, 0.6) is 0 Å². The molecular weight excluding hydrogens is 396 g/mol. The zero-order chi connectivity index (χ0) is 22.2. The van der Waals surface area contributed by atoms with Crippen LogP contribution in [-0.4, -0.2) is 60.0 Å². The maximum atomic E-state index is 12.7. The minimum atomic E-state index is -0.857. The summed E-state index contributed by atoms with van der Waals surface area (Å²) in [4.78, 5) is 39.9. The monoisotopic (exact) mass is 424 g/mol. The third kappa shape index (κ3) is 6.55. The maximum Gasteiger partial charge on any atom is 0.338 e. The molecule has 3 amide bonds. The standard InChI is InChI=1S/C23H28N4O4/c1-17(31-22(29)20-9-7-18(8-10-20)15-25-23(24)30)21(28)27-13-11-26(12-14-27)16-19-5-3-2-4-6-19/h2-10,17H,11-16H2,1H3,(H3,24,25,30). The zero-order valence-corrected chi connectivity index (χ0v) is 17.6. The average molecular weight is 425 g/mol. The largest absolute Gasteiger partial charge is 0.449 e. The molecule has 31 heavy (non-hydrogen) atoms. The molecular formula is C23H28N4O4. The number of rotatable bonds is 7. The fraction of sp³-hybridized carbons (Fsp3) is 0.348. The van der Waals surface area contributed by atoms with Crippen molar-refractivity contribution in [2.75, 3.05) is 26.2 Å². The molecule has 2 aromatic rings. The first-order valence-corrected chi connectivity index (χ1v) is 10.3. The minimum Gasteiger partial charge on any atom is -0.449 e. The highest BCUT2D eigenvalue weighted by atomic mass is 16.5. The van der Waals surface area contributed by atoms with Crippen LogP contribution in [0.15, 0.2) is 54.6 Å². The summed E-state index contributed by atoms with van der Waals surface area (Å²) in [7, 11) is 0. The van der Waals surface area contributed by atoms with E-state index in [-0.39, 0.29) is 12.5 Å². The van der Waals surface area contributed by atoms with Crippen molar-refractivity contribution < 1.29 is 19.1 Å². The van der Waals surface area contributed by atoms with Crippen LogP contribution in [0.2, 0.25) is 0 Å². The second-order valence-corrected chi connectivity index (χ2v) is 7.55. The first-order chi connectivity index (χ1) is 14.9. The summed E-state index contributed by atoms with van der Waals surface area (Å²) in [6.45, 7) is 5.50. The molecule has 164 valence electrons. The van der Waals surface area contributed by atoms with E-state index in [1.54, 1.807) is 36.1 Å². The van der Waals surface area contributed by atoms with Crippen LogP contribution in [0.4, 0.5) is 4.79 Å². The lowest BCUT2D eigenvalue weighted by Crippen LogP contribution is -2.51. The number of nitrogens with two attached hydrogens (primary N) is 1. The van der Waals surface area contributed by atoms with Crippen LogP contribution in [0, 0.1) is 0 Å². The Morgan fingerprint density at radius 3 is 2.23 bits per heavy atom. The molecule has 1 aliphatic rings. The summed E-state index contributed by atoms with van der Waals surface area (Å²) in [5.74, 6) is -0.743. The molecule has 0 bridgehead atoms. The fourth-order valence-electron chi connectivity index (χ4n) is 3.45. The van der Waals surface area contributed by atoms with Gasteiger partial charge in [-0.05, 0) is 30.2 Å². The van der Waals surface area contributed by atoms with Crippen LogP contribution >= 0.6 is 0 Å². The average Bonchev–Trinajstić information content (AvgIpc) is 2.78. The van der Waals surface area contributed by atoms with Crippen molar-refractivity contribution in [3.63, 3.8) is 0 Å². The number of carbonyl (C=O) groups excluding carboxylic acids is 3. The Bertz CT molecular complexity index is 894. The highest BCUT2D eigenvalue weighted by molar-refractivity contribution is 5.92. The number of nitrogens with zero attached hydrogens (tertiary/aromatic N) is 2. The van der Waals surface area contributed by atoms with Gasteiger partial charge in [0.05, 0.1) is 5.56 Å². The van der Waals surface area contributed by atoms with E-state index >= 15 is 0 Å². The Balaban J connectivity index is 1.45. The number of benzene rings is 2. The smallest absolute Gasteiger partial charge is 0.338 e. The van der Waals surface area contributed by atoms with Crippen LogP contribution in [-0.2, 0) is 22.6 Å². The highest BCUT2D eigenvalue weighted by Crippen LogP contribution is 2.12. The van der Waals surface area contributed by atoms with Gasteiger partial charge < -0.3 is 20.7 Å². The Morgan fingerprint density at radius 1 is 0.968 bits per heavy atom. The summed E-state index contributed by atoms with van der Waals surface area (Å²) < 4.78 is 5.38. The molecule has 0 aliphatic carbocycles. The van der Waals surface area contributed by atoms with E-state index in [9.17, 15) is 14.4 Å². The van der Waals surface area contributed by atoms with Crippen LogP contribution in [0.1, 0.15) is 28.4 Å². The van der Waals surface area contributed by atoms with Crippen LogP contribution in [0.25, 0.3) is 0 Å². The van der Waals surface area contributed by atoms with Gasteiger partial charge in [-0.25, -0.2) is 9.59 Å². The van der Waals surface area contributed by atoms with E-state index in [0.29, 0.717) is 18.7 Å². The fourth-order valence-corrected chi connectivity index (χ4v) is 3.45. The number of amides is 3. The van der Waals surface area contributed by atoms with Crippen molar-refractivity contribution in [1.82, 2.24) is 15.1 Å². The molecule has 3 rings (SSSR count). The number of hydrogen-bond acceptors (Lipinski definition) is 5. The van der Waals surface area contributed by atoms with E-state index in [2.05, 4.69) is 22.3 Å². The van der Waals surface area contributed by atoms with Gasteiger partial charge in [0.15, 0.2) is 6.10 Å². The van der Waals surface area contributed by atoms with E-state index in [1.807, 2.05) is 18.2 Å². The summed E-state index contributed by atoms with van der Waals surface area (Å²) in [6, 6.07) is 16.2. The molecule has 1 fully saturated rings. The molecule has 0 aromatic heterocycles. The van der Waals surface area contributed by atoms with Gasteiger partial charge in [-0.2, -0.15) is 0 Å². The SMILES string of the molecule is CC(OC(=O)c1ccc(CNC(N)=O)cc1)C(=O)N1CCN(Cc2ccccc2)CC1. The lowest BCUT2D eigenvalue weighted by molar-refractivity contribution is -0.141. The van der Waals surface area contributed by atoms with E-state index in [1.165, 1.54) is 5.56 Å². The molecule has 1 aliphatic heterocycles. The molecule has 1 saturated heterocycles. The lowest BCUT2D eigenvalue weighted by Gasteiger charge is -2.35. The van der Waals surface area contributed by atoms with Gasteiger partial charge in [0.2, 0.25) is 0 Å². The molecule has 1 heterocycles. The predicted octanol–water partition coefficient (Wildman–Crippen LogP) is 1.74. The number of esters is 1. The maximum absolute atomic E-state index is 12.7. The number of carbonyl (C=O) groups is 3. The molecule has 2 aromatic carbocycles. The quantitative estimate of drug-likeness (QED) is 0.659. The van der Waals surface area contributed by atoms with Crippen molar-refractivity contribution >= 4 is 17.9 Å². The molecule has 8 heteroatoms.